The number of carbonyl (C=O) groups is 1. The van der Waals surface area contributed by atoms with Crippen molar-refractivity contribution in [3.63, 3.8) is 0 Å². The third-order valence-corrected chi connectivity index (χ3v) is 3.41. The van der Waals surface area contributed by atoms with E-state index in [2.05, 4.69) is 10.1 Å². The van der Waals surface area contributed by atoms with Gasteiger partial charge >= 0.3 is 6.36 Å². The van der Waals surface area contributed by atoms with Crippen LogP contribution in [0.5, 0.6) is 5.75 Å². The van der Waals surface area contributed by atoms with Crippen molar-refractivity contribution in [1.29, 1.82) is 0 Å². The number of ether oxygens (including phenoxy) is 1. The van der Waals surface area contributed by atoms with E-state index < -0.39 is 6.36 Å². The Morgan fingerprint density at radius 3 is 2.38 bits per heavy atom. The lowest BCUT2D eigenvalue weighted by atomic mass is 10.2. The Labute approximate surface area is 149 Å². The number of hydrogen-bond donors (Lipinski definition) is 2. The molecule has 2 aromatic carbocycles. The van der Waals surface area contributed by atoms with Crippen molar-refractivity contribution in [2.24, 2.45) is 0 Å². The molecule has 138 valence electrons. The first-order valence-corrected chi connectivity index (χ1v) is 8.00. The van der Waals surface area contributed by atoms with Gasteiger partial charge in [0.25, 0.3) is 5.91 Å². The fourth-order valence-corrected chi connectivity index (χ4v) is 2.25. The molecule has 1 amide bonds. The molecule has 7 heteroatoms. The number of hydrogen-bond acceptors (Lipinski definition) is 2. The number of anilines is 1. The van der Waals surface area contributed by atoms with Gasteiger partial charge in [-0.1, -0.05) is 36.4 Å². The van der Waals surface area contributed by atoms with Gasteiger partial charge in [-0.3, -0.25) is 4.79 Å². The van der Waals surface area contributed by atoms with E-state index in [1.807, 2.05) is 49.5 Å². The molecule has 2 aromatic rings. The monoisotopic (exact) mass is 365 g/mol. The van der Waals surface area contributed by atoms with Gasteiger partial charge in [0, 0.05) is 5.69 Å². The summed E-state index contributed by atoms with van der Waals surface area (Å²) in [4.78, 5) is 13.0. The molecule has 2 N–H and O–H groups in total. The Hall–Kier alpha value is -2.80. The lowest BCUT2D eigenvalue weighted by Gasteiger charge is -2.12. The molecule has 0 fully saturated rings. The number of alkyl halides is 3. The fourth-order valence-electron chi connectivity index (χ4n) is 2.25. The van der Waals surface area contributed by atoms with Crippen LogP contribution in [0.2, 0.25) is 0 Å². The van der Waals surface area contributed by atoms with E-state index in [1.54, 1.807) is 0 Å². The zero-order chi connectivity index (χ0) is 19.0. The molecule has 0 aliphatic heterocycles. The van der Waals surface area contributed by atoms with Crippen LogP contribution in [0.25, 0.3) is 6.08 Å². The van der Waals surface area contributed by atoms with Crippen LogP contribution in [-0.4, -0.2) is 32.4 Å². The Morgan fingerprint density at radius 1 is 1.12 bits per heavy atom. The molecule has 0 heterocycles. The predicted octanol–water partition coefficient (Wildman–Crippen LogP) is 2.75. The standard InChI is InChI=1S/C19H19F3N2O2/c1-24(13-5-8-15-6-3-2-4-7-15)14-18(25)23-16-9-11-17(12-10-16)26-19(20,21)22/h2-12H,13-14H2,1H3,(H,23,25)/p+1/b8-5+. The first kappa shape index (κ1) is 19.5. The van der Waals surface area contributed by atoms with Crippen LogP contribution in [0.15, 0.2) is 60.7 Å². The number of likely N-dealkylation sites (N-methyl/N-ethyl adjacent to an activating group) is 1. The van der Waals surface area contributed by atoms with E-state index in [0.717, 1.165) is 22.6 Å². The summed E-state index contributed by atoms with van der Waals surface area (Å²) in [6, 6.07) is 14.9. The largest absolute Gasteiger partial charge is 0.573 e. The van der Waals surface area contributed by atoms with Crippen molar-refractivity contribution >= 4 is 17.7 Å². The highest BCUT2D eigenvalue weighted by Crippen LogP contribution is 2.23. The first-order valence-electron chi connectivity index (χ1n) is 8.00. The molecule has 2 rings (SSSR count). The Morgan fingerprint density at radius 2 is 1.77 bits per heavy atom. The molecular weight excluding hydrogens is 345 g/mol. The minimum atomic E-state index is -4.73. The lowest BCUT2D eigenvalue weighted by molar-refractivity contribution is -0.864. The van der Waals surface area contributed by atoms with Crippen molar-refractivity contribution in [3.05, 3.63) is 66.2 Å². The highest BCUT2D eigenvalue weighted by atomic mass is 19.4. The van der Waals surface area contributed by atoms with Gasteiger partial charge in [-0.15, -0.1) is 13.2 Å². The van der Waals surface area contributed by atoms with Crippen molar-refractivity contribution in [2.75, 3.05) is 25.5 Å². The fraction of sp³-hybridized carbons (Fsp3) is 0.211. The maximum Gasteiger partial charge on any atom is 0.573 e. The molecule has 1 unspecified atom stereocenters. The van der Waals surface area contributed by atoms with Crippen molar-refractivity contribution in [2.45, 2.75) is 6.36 Å². The summed E-state index contributed by atoms with van der Waals surface area (Å²) >= 11 is 0. The minimum absolute atomic E-state index is 0.222. The van der Waals surface area contributed by atoms with Gasteiger partial charge in [0.2, 0.25) is 0 Å². The highest BCUT2D eigenvalue weighted by molar-refractivity contribution is 5.91. The summed E-state index contributed by atoms with van der Waals surface area (Å²) < 4.78 is 40.1. The molecule has 0 bridgehead atoms. The van der Waals surface area contributed by atoms with Gasteiger partial charge in [0.15, 0.2) is 6.54 Å². The summed E-state index contributed by atoms with van der Waals surface area (Å²) in [7, 11) is 1.88. The second-order valence-corrected chi connectivity index (χ2v) is 5.77. The topological polar surface area (TPSA) is 42.8 Å². The molecule has 0 aromatic heterocycles. The number of amides is 1. The summed E-state index contributed by atoms with van der Waals surface area (Å²) in [5.41, 5.74) is 1.50. The lowest BCUT2D eigenvalue weighted by Crippen LogP contribution is -3.09. The second-order valence-electron chi connectivity index (χ2n) is 5.77. The molecule has 0 saturated heterocycles. The first-order chi connectivity index (χ1) is 12.3. The number of quaternary nitrogens is 1. The van der Waals surface area contributed by atoms with E-state index in [1.165, 1.54) is 12.1 Å². The van der Waals surface area contributed by atoms with Gasteiger partial charge in [-0.25, -0.2) is 0 Å². The van der Waals surface area contributed by atoms with Crippen LogP contribution in [0.1, 0.15) is 5.56 Å². The molecule has 0 aliphatic carbocycles. The summed E-state index contributed by atoms with van der Waals surface area (Å²) in [5.74, 6) is -0.551. The SMILES string of the molecule is C[NH+](C/C=C/c1ccccc1)CC(=O)Nc1ccc(OC(F)(F)F)cc1. The quantitative estimate of drug-likeness (QED) is 0.792. The van der Waals surface area contributed by atoms with Crippen LogP contribution >= 0.6 is 0 Å². The van der Waals surface area contributed by atoms with Crippen molar-refractivity contribution in [1.82, 2.24) is 0 Å². The predicted molar refractivity (Wildman–Crippen MR) is 93.9 cm³/mol. The van der Waals surface area contributed by atoms with E-state index in [-0.39, 0.29) is 18.2 Å². The maximum absolute atomic E-state index is 12.1. The molecule has 1 atom stereocenters. The molecule has 0 radical (unpaired) electrons. The Balaban J connectivity index is 1.78. The summed E-state index contributed by atoms with van der Waals surface area (Å²) in [6.07, 6.45) is -0.758. The zero-order valence-corrected chi connectivity index (χ0v) is 14.2. The van der Waals surface area contributed by atoms with Crippen LogP contribution < -0.4 is 15.0 Å². The van der Waals surface area contributed by atoms with Crippen molar-refractivity contribution in [3.8, 4) is 5.75 Å². The van der Waals surface area contributed by atoms with E-state index in [0.29, 0.717) is 12.2 Å². The van der Waals surface area contributed by atoms with E-state index in [9.17, 15) is 18.0 Å². The molecule has 4 nitrogen and oxygen atoms in total. The third-order valence-electron chi connectivity index (χ3n) is 3.41. The summed E-state index contributed by atoms with van der Waals surface area (Å²) in [5, 5.41) is 2.65. The van der Waals surface area contributed by atoms with Crippen LogP contribution in [-0.2, 0) is 4.79 Å². The van der Waals surface area contributed by atoms with E-state index >= 15 is 0 Å². The number of nitrogens with one attached hydrogen (secondary N) is 2. The average Bonchev–Trinajstić information content (AvgIpc) is 2.56. The molecule has 0 aliphatic rings. The molecule has 26 heavy (non-hydrogen) atoms. The van der Waals surface area contributed by atoms with E-state index in [4.69, 9.17) is 0 Å². The van der Waals surface area contributed by atoms with Crippen molar-refractivity contribution < 1.29 is 27.6 Å². The highest BCUT2D eigenvalue weighted by Gasteiger charge is 2.30. The Kier molecular flexibility index (Phi) is 6.80. The van der Waals surface area contributed by atoms with Gasteiger partial charge < -0.3 is 15.0 Å². The third kappa shape index (κ3) is 7.40. The summed E-state index contributed by atoms with van der Waals surface area (Å²) in [6.45, 7) is 0.903. The Bertz CT molecular complexity index is 729. The van der Waals surface area contributed by atoms with Crippen LogP contribution in [0.4, 0.5) is 18.9 Å². The van der Waals surface area contributed by atoms with Crippen LogP contribution in [0.3, 0.4) is 0 Å². The second kappa shape index (κ2) is 9.05. The van der Waals surface area contributed by atoms with Gasteiger partial charge in [0.1, 0.15) is 5.75 Å². The van der Waals surface area contributed by atoms with Gasteiger partial charge in [0.05, 0.1) is 13.6 Å². The smallest absolute Gasteiger partial charge is 0.406 e. The average molecular weight is 365 g/mol. The number of halogens is 3. The zero-order valence-electron chi connectivity index (χ0n) is 14.2. The molecule has 0 spiro atoms. The number of rotatable bonds is 7. The van der Waals surface area contributed by atoms with Crippen LogP contribution in [0, 0.1) is 0 Å². The number of benzene rings is 2. The molecule has 0 saturated carbocycles. The number of carbonyl (C=O) groups excluding carboxylic acids is 1. The van der Waals surface area contributed by atoms with Gasteiger partial charge in [-0.05, 0) is 35.9 Å². The molecular formula is C19H20F3N2O2+. The van der Waals surface area contributed by atoms with Gasteiger partial charge in [-0.2, -0.15) is 0 Å². The minimum Gasteiger partial charge on any atom is -0.406 e. The normalized spacial score (nSPS) is 12.8. The maximum atomic E-state index is 12.1.